The van der Waals surface area contributed by atoms with Gasteiger partial charge < -0.3 is 5.32 Å². The van der Waals surface area contributed by atoms with Crippen molar-refractivity contribution in [3.8, 4) is 0 Å². The lowest BCUT2D eigenvalue weighted by Gasteiger charge is -2.04. The zero-order valence-corrected chi connectivity index (χ0v) is 8.63. The molecule has 1 aromatic carbocycles. The Morgan fingerprint density at radius 1 is 1.19 bits per heavy atom. The average Bonchev–Trinajstić information content (AvgIpc) is 2.38. The molecule has 0 aliphatic carbocycles. The number of benzene rings is 1. The summed E-state index contributed by atoms with van der Waals surface area (Å²) in [6, 6.07) is 9.56. The largest absolute Gasteiger partial charge is 0.378 e. The zero-order chi connectivity index (χ0) is 11.2. The summed E-state index contributed by atoms with van der Waals surface area (Å²) >= 11 is 0. The molecule has 0 amide bonds. The van der Waals surface area contributed by atoms with Gasteiger partial charge >= 0.3 is 0 Å². The van der Waals surface area contributed by atoms with Gasteiger partial charge in [-0.2, -0.15) is 0 Å². The molecular weight excluding hydrogens is 202 g/mol. The number of ketones is 1. The van der Waals surface area contributed by atoms with Gasteiger partial charge in [0.15, 0.2) is 0 Å². The second-order valence-electron chi connectivity index (χ2n) is 3.23. The van der Waals surface area contributed by atoms with Crippen LogP contribution in [0.5, 0.6) is 0 Å². The van der Waals surface area contributed by atoms with Crippen molar-refractivity contribution in [1.82, 2.24) is 9.97 Å². The fourth-order valence-corrected chi connectivity index (χ4v) is 1.27. The van der Waals surface area contributed by atoms with E-state index in [1.807, 2.05) is 30.3 Å². The van der Waals surface area contributed by atoms with Crippen molar-refractivity contribution in [3.63, 3.8) is 0 Å². The van der Waals surface area contributed by atoms with Gasteiger partial charge in [-0.3, -0.25) is 9.78 Å². The number of nitrogens with one attached hydrogen (secondary N) is 1. The van der Waals surface area contributed by atoms with Crippen LogP contribution in [0.4, 0.5) is 5.69 Å². The number of anilines is 1. The van der Waals surface area contributed by atoms with E-state index in [2.05, 4.69) is 15.3 Å². The molecule has 0 radical (unpaired) electrons. The maximum absolute atomic E-state index is 11.7. The summed E-state index contributed by atoms with van der Waals surface area (Å²) in [5, 5.41) is 3.03. The quantitative estimate of drug-likeness (QED) is 0.786. The Kier molecular flexibility index (Phi) is 3.23. The second-order valence-corrected chi connectivity index (χ2v) is 3.23. The highest BCUT2D eigenvalue weighted by molar-refractivity contribution is 5.96. The van der Waals surface area contributed by atoms with E-state index < -0.39 is 0 Å². The van der Waals surface area contributed by atoms with Crippen LogP contribution < -0.4 is 5.32 Å². The minimum Gasteiger partial charge on any atom is -0.378 e. The van der Waals surface area contributed by atoms with Gasteiger partial charge in [0.1, 0.15) is 5.69 Å². The van der Waals surface area contributed by atoms with E-state index in [1.165, 1.54) is 12.4 Å². The first kappa shape index (κ1) is 10.3. The molecule has 1 heterocycles. The van der Waals surface area contributed by atoms with E-state index in [1.54, 1.807) is 6.20 Å². The van der Waals surface area contributed by atoms with Crippen molar-refractivity contribution in [3.05, 3.63) is 54.6 Å². The molecule has 80 valence electrons. The maximum atomic E-state index is 11.7. The van der Waals surface area contributed by atoms with Crippen LogP contribution in [0.15, 0.2) is 48.9 Å². The molecule has 0 aliphatic heterocycles. The fraction of sp³-hybridized carbons (Fsp3) is 0.0833. The van der Waals surface area contributed by atoms with E-state index in [9.17, 15) is 4.79 Å². The van der Waals surface area contributed by atoms with Crippen LogP contribution in [0.25, 0.3) is 0 Å². The highest BCUT2D eigenvalue weighted by Crippen LogP contribution is 2.04. The minimum absolute atomic E-state index is 0.0723. The summed E-state index contributed by atoms with van der Waals surface area (Å²) in [4.78, 5) is 19.4. The summed E-state index contributed by atoms with van der Waals surface area (Å²) in [6.07, 6.45) is 4.52. The topological polar surface area (TPSA) is 54.9 Å². The predicted molar refractivity (Wildman–Crippen MR) is 61.3 cm³/mol. The molecule has 0 saturated heterocycles. The summed E-state index contributed by atoms with van der Waals surface area (Å²) in [5.74, 6) is -0.0723. The molecule has 1 N–H and O–H groups in total. The smallest absolute Gasteiger partial charge is 0.201 e. The van der Waals surface area contributed by atoms with Crippen molar-refractivity contribution < 1.29 is 4.79 Å². The van der Waals surface area contributed by atoms with Gasteiger partial charge in [0.25, 0.3) is 0 Å². The average molecular weight is 213 g/mol. The number of carbonyl (C=O) groups excluding carboxylic acids is 1. The molecule has 0 unspecified atom stereocenters. The molecule has 0 bridgehead atoms. The molecule has 0 fully saturated rings. The zero-order valence-electron chi connectivity index (χ0n) is 8.63. The highest BCUT2D eigenvalue weighted by Gasteiger charge is 2.05. The normalized spacial score (nSPS) is 9.75. The lowest BCUT2D eigenvalue weighted by atomic mass is 10.2. The Morgan fingerprint density at radius 2 is 2.00 bits per heavy atom. The lowest BCUT2D eigenvalue weighted by molar-refractivity contribution is 0.100. The molecule has 1 aromatic heterocycles. The van der Waals surface area contributed by atoms with Crippen LogP contribution in [0.2, 0.25) is 0 Å². The minimum atomic E-state index is -0.0723. The summed E-state index contributed by atoms with van der Waals surface area (Å²) in [5.41, 5.74) is 1.30. The van der Waals surface area contributed by atoms with Crippen LogP contribution in [0.1, 0.15) is 10.5 Å². The van der Waals surface area contributed by atoms with E-state index in [4.69, 9.17) is 0 Å². The molecule has 0 spiro atoms. The van der Waals surface area contributed by atoms with E-state index in [-0.39, 0.29) is 12.3 Å². The maximum Gasteiger partial charge on any atom is 0.201 e. The first-order valence-corrected chi connectivity index (χ1v) is 4.94. The van der Waals surface area contributed by atoms with Gasteiger partial charge in [-0.15, -0.1) is 0 Å². The number of hydrogen-bond acceptors (Lipinski definition) is 4. The molecule has 4 heteroatoms. The SMILES string of the molecule is O=C(CNc1ccccc1)c1cnccn1. The van der Waals surface area contributed by atoms with Crippen molar-refractivity contribution >= 4 is 11.5 Å². The Hall–Kier alpha value is -2.23. The number of para-hydroxylation sites is 1. The van der Waals surface area contributed by atoms with Crippen LogP contribution in [-0.2, 0) is 0 Å². The molecule has 2 aromatic rings. The number of hydrogen-bond donors (Lipinski definition) is 1. The molecule has 2 rings (SSSR count). The molecule has 4 nitrogen and oxygen atoms in total. The van der Waals surface area contributed by atoms with Gasteiger partial charge in [-0.25, -0.2) is 4.98 Å². The van der Waals surface area contributed by atoms with Crippen molar-refractivity contribution in [2.24, 2.45) is 0 Å². The van der Waals surface area contributed by atoms with Gasteiger partial charge in [-0.05, 0) is 12.1 Å². The third-order valence-electron chi connectivity index (χ3n) is 2.08. The number of aromatic nitrogens is 2. The standard InChI is InChI=1S/C12H11N3O/c16-12(11-8-13-6-7-14-11)9-15-10-4-2-1-3-5-10/h1-8,15H,9H2. The van der Waals surface area contributed by atoms with Gasteiger partial charge in [0.05, 0.1) is 12.7 Å². The summed E-state index contributed by atoms with van der Waals surface area (Å²) in [6.45, 7) is 0.225. The molecule has 0 saturated carbocycles. The second kappa shape index (κ2) is 5.02. The van der Waals surface area contributed by atoms with Gasteiger partial charge in [-0.1, -0.05) is 18.2 Å². The van der Waals surface area contributed by atoms with Crippen LogP contribution >= 0.6 is 0 Å². The number of nitrogens with zero attached hydrogens (tertiary/aromatic N) is 2. The predicted octanol–water partition coefficient (Wildman–Crippen LogP) is 1.77. The Morgan fingerprint density at radius 3 is 2.69 bits per heavy atom. The van der Waals surface area contributed by atoms with E-state index >= 15 is 0 Å². The van der Waals surface area contributed by atoms with Crippen molar-refractivity contribution in [2.75, 3.05) is 11.9 Å². The number of Topliss-reactive ketones (excluding diaryl/α,β-unsaturated/α-hetero) is 1. The Labute approximate surface area is 93.4 Å². The van der Waals surface area contributed by atoms with Crippen LogP contribution in [0.3, 0.4) is 0 Å². The molecule has 0 atom stereocenters. The number of rotatable bonds is 4. The van der Waals surface area contributed by atoms with Crippen LogP contribution in [-0.4, -0.2) is 22.3 Å². The Balaban J connectivity index is 1.95. The van der Waals surface area contributed by atoms with E-state index in [0.29, 0.717) is 5.69 Å². The van der Waals surface area contributed by atoms with E-state index in [0.717, 1.165) is 5.69 Å². The van der Waals surface area contributed by atoms with Crippen molar-refractivity contribution in [1.29, 1.82) is 0 Å². The first-order chi connectivity index (χ1) is 7.86. The first-order valence-electron chi connectivity index (χ1n) is 4.94. The monoisotopic (exact) mass is 213 g/mol. The lowest BCUT2D eigenvalue weighted by Crippen LogP contribution is -2.15. The van der Waals surface area contributed by atoms with Gasteiger partial charge in [0, 0.05) is 18.1 Å². The molecule has 0 aliphatic rings. The van der Waals surface area contributed by atoms with Crippen molar-refractivity contribution in [2.45, 2.75) is 0 Å². The van der Waals surface area contributed by atoms with Gasteiger partial charge in [0.2, 0.25) is 5.78 Å². The Bertz CT molecular complexity index is 456. The third kappa shape index (κ3) is 2.63. The third-order valence-corrected chi connectivity index (χ3v) is 2.08. The highest BCUT2D eigenvalue weighted by atomic mass is 16.1. The molecular formula is C12H11N3O. The number of carbonyl (C=O) groups is 1. The summed E-state index contributed by atoms with van der Waals surface area (Å²) in [7, 11) is 0. The summed E-state index contributed by atoms with van der Waals surface area (Å²) < 4.78 is 0. The molecule has 16 heavy (non-hydrogen) atoms. The fourth-order valence-electron chi connectivity index (χ4n) is 1.27. The van der Waals surface area contributed by atoms with Crippen LogP contribution in [0, 0.1) is 0 Å².